The van der Waals surface area contributed by atoms with Crippen molar-refractivity contribution in [3.8, 4) is 5.75 Å². The van der Waals surface area contributed by atoms with Gasteiger partial charge in [0, 0.05) is 7.05 Å². The predicted octanol–water partition coefficient (Wildman–Crippen LogP) is 3.17. The van der Waals surface area contributed by atoms with E-state index in [0.29, 0.717) is 5.56 Å². The summed E-state index contributed by atoms with van der Waals surface area (Å²) in [6, 6.07) is 13.5. The van der Waals surface area contributed by atoms with E-state index in [-0.39, 0.29) is 17.8 Å². The molecule has 1 N–H and O–H groups in total. The van der Waals surface area contributed by atoms with Gasteiger partial charge in [0.15, 0.2) is 0 Å². The largest absolute Gasteiger partial charge is 0.435 e. The molecule has 1 aliphatic rings. The fourth-order valence-electron chi connectivity index (χ4n) is 2.55. The second kappa shape index (κ2) is 5.63. The number of hydrogen-bond acceptors (Lipinski definition) is 3. The van der Waals surface area contributed by atoms with E-state index in [1.807, 2.05) is 30.1 Å². The van der Waals surface area contributed by atoms with Gasteiger partial charge in [-0.3, -0.25) is 4.79 Å². The fourth-order valence-corrected chi connectivity index (χ4v) is 2.55. The van der Waals surface area contributed by atoms with E-state index in [4.69, 9.17) is 0 Å². The number of fused-ring (bicyclic) bond motifs is 1. The van der Waals surface area contributed by atoms with Gasteiger partial charge in [0.05, 0.1) is 11.3 Å². The highest BCUT2D eigenvalue weighted by Crippen LogP contribution is 2.32. The van der Waals surface area contributed by atoms with Crippen molar-refractivity contribution in [1.82, 2.24) is 5.32 Å². The van der Waals surface area contributed by atoms with Crippen LogP contribution in [0.4, 0.5) is 14.5 Å². The Balaban J connectivity index is 1.88. The van der Waals surface area contributed by atoms with Crippen LogP contribution >= 0.6 is 0 Å². The summed E-state index contributed by atoms with van der Waals surface area (Å²) in [7, 11) is 1.87. The van der Waals surface area contributed by atoms with Gasteiger partial charge in [-0.15, -0.1) is 0 Å². The maximum atomic E-state index is 12.2. The smallest absolute Gasteiger partial charge is 0.387 e. The Morgan fingerprint density at radius 2 is 1.82 bits per heavy atom. The van der Waals surface area contributed by atoms with Crippen LogP contribution in [0.2, 0.25) is 0 Å². The highest BCUT2D eigenvalue weighted by Gasteiger charge is 2.28. The number of anilines is 1. The van der Waals surface area contributed by atoms with Crippen molar-refractivity contribution in [2.24, 2.45) is 0 Å². The number of carbonyl (C=O) groups excluding carboxylic acids is 1. The minimum atomic E-state index is -2.85. The van der Waals surface area contributed by atoms with E-state index in [1.165, 1.54) is 12.1 Å². The lowest BCUT2D eigenvalue weighted by molar-refractivity contribution is -0.0498. The number of benzene rings is 2. The van der Waals surface area contributed by atoms with Gasteiger partial charge in [-0.1, -0.05) is 24.3 Å². The third-order valence-electron chi connectivity index (χ3n) is 3.60. The van der Waals surface area contributed by atoms with Gasteiger partial charge in [0.2, 0.25) is 0 Å². The normalized spacial score (nSPS) is 17.2. The van der Waals surface area contributed by atoms with Crippen LogP contribution in [0.15, 0.2) is 48.5 Å². The lowest BCUT2D eigenvalue weighted by Gasteiger charge is -2.36. The first kappa shape index (κ1) is 14.3. The zero-order chi connectivity index (χ0) is 15.7. The average Bonchev–Trinajstić information content (AvgIpc) is 2.51. The van der Waals surface area contributed by atoms with Crippen LogP contribution in [0.25, 0.3) is 0 Å². The van der Waals surface area contributed by atoms with Crippen LogP contribution in [0.5, 0.6) is 5.75 Å². The Hall–Kier alpha value is -2.63. The number of para-hydroxylation sites is 1. The molecule has 2 aromatic carbocycles. The molecule has 0 saturated carbocycles. The maximum Gasteiger partial charge on any atom is 0.387 e. The van der Waals surface area contributed by atoms with E-state index in [9.17, 15) is 13.6 Å². The number of nitrogens with one attached hydrogen (secondary N) is 1. The lowest BCUT2D eigenvalue weighted by atomic mass is 10.0. The van der Waals surface area contributed by atoms with Gasteiger partial charge >= 0.3 is 6.61 Å². The first-order valence-electron chi connectivity index (χ1n) is 6.74. The van der Waals surface area contributed by atoms with E-state index in [0.717, 1.165) is 11.3 Å². The van der Waals surface area contributed by atoms with E-state index in [1.54, 1.807) is 18.2 Å². The molecule has 0 unspecified atom stereocenters. The van der Waals surface area contributed by atoms with Gasteiger partial charge in [-0.25, -0.2) is 0 Å². The van der Waals surface area contributed by atoms with Crippen LogP contribution < -0.4 is 15.0 Å². The topological polar surface area (TPSA) is 41.6 Å². The third kappa shape index (κ3) is 2.59. The second-order valence-electron chi connectivity index (χ2n) is 4.95. The van der Waals surface area contributed by atoms with Crippen molar-refractivity contribution in [3.63, 3.8) is 0 Å². The summed E-state index contributed by atoms with van der Waals surface area (Å²) in [5.74, 6) is -0.0736. The first-order valence-corrected chi connectivity index (χ1v) is 6.74. The minimum Gasteiger partial charge on any atom is -0.435 e. The first-order chi connectivity index (χ1) is 10.6. The third-order valence-corrected chi connectivity index (χ3v) is 3.60. The van der Waals surface area contributed by atoms with Gasteiger partial charge in [-0.2, -0.15) is 8.78 Å². The van der Waals surface area contributed by atoms with Gasteiger partial charge in [0.1, 0.15) is 11.9 Å². The summed E-state index contributed by atoms with van der Waals surface area (Å²) < 4.78 is 28.7. The van der Waals surface area contributed by atoms with Crippen LogP contribution in [0.1, 0.15) is 22.1 Å². The van der Waals surface area contributed by atoms with Gasteiger partial charge in [-0.05, 0) is 29.8 Å². The molecule has 22 heavy (non-hydrogen) atoms. The summed E-state index contributed by atoms with van der Waals surface area (Å²) in [4.78, 5) is 14.1. The molecule has 0 aromatic heterocycles. The van der Waals surface area contributed by atoms with Crippen molar-refractivity contribution in [2.75, 3.05) is 11.9 Å². The van der Waals surface area contributed by atoms with E-state index >= 15 is 0 Å². The predicted molar refractivity (Wildman–Crippen MR) is 78.1 cm³/mol. The number of alkyl halides is 2. The van der Waals surface area contributed by atoms with E-state index < -0.39 is 6.61 Å². The molecule has 0 spiro atoms. The maximum absolute atomic E-state index is 12.2. The number of halogens is 2. The molecule has 0 radical (unpaired) electrons. The van der Waals surface area contributed by atoms with E-state index in [2.05, 4.69) is 10.1 Å². The number of nitrogens with zero attached hydrogens (tertiary/aromatic N) is 1. The average molecular weight is 304 g/mol. The van der Waals surface area contributed by atoms with Crippen LogP contribution in [0.3, 0.4) is 0 Å². The zero-order valence-electron chi connectivity index (χ0n) is 11.8. The van der Waals surface area contributed by atoms with Crippen LogP contribution in [-0.4, -0.2) is 19.6 Å². The molecule has 4 nitrogen and oxygen atoms in total. The molecule has 114 valence electrons. The molecule has 0 fully saturated rings. The Bertz CT molecular complexity index is 689. The number of rotatable bonds is 3. The summed E-state index contributed by atoms with van der Waals surface area (Å²) in [6.45, 7) is -2.85. The van der Waals surface area contributed by atoms with Crippen molar-refractivity contribution in [3.05, 3.63) is 59.7 Å². The molecule has 2 aromatic rings. The minimum absolute atomic E-state index is 0.0870. The zero-order valence-corrected chi connectivity index (χ0v) is 11.8. The molecule has 1 aliphatic heterocycles. The Morgan fingerprint density at radius 3 is 2.50 bits per heavy atom. The monoisotopic (exact) mass is 304 g/mol. The van der Waals surface area contributed by atoms with Crippen molar-refractivity contribution >= 4 is 11.6 Å². The molecular weight excluding hydrogens is 290 g/mol. The Labute approximate surface area is 126 Å². The van der Waals surface area contributed by atoms with Crippen molar-refractivity contribution in [2.45, 2.75) is 12.8 Å². The second-order valence-corrected chi connectivity index (χ2v) is 4.95. The molecule has 0 bridgehead atoms. The van der Waals surface area contributed by atoms with Crippen molar-refractivity contribution in [1.29, 1.82) is 0 Å². The molecule has 0 aliphatic carbocycles. The molecule has 1 atom stereocenters. The molecule has 6 heteroatoms. The van der Waals surface area contributed by atoms with Crippen molar-refractivity contribution < 1.29 is 18.3 Å². The Morgan fingerprint density at radius 1 is 1.14 bits per heavy atom. The quantitative estimate of drug-likeness (QED) is 0.947. The van der Waals surface area contributed by atoms with Crippen LogP contribution in [-0.2, 0) is 0 Å². The molecule has 3 rings (SSSR count). The van der Waals surface area contributed by atoms with Gasteiger partial charge < -0.3 is 15.0 Å². The highest BCUT2D eigenvalue weighted by molar-refractivity contribution is 6.01. The highest BCUT2D eigenvalue weighted by atomic mass is 19.3. The number of carbonyl (C=O) groups is 1. The lowest BCUT2D eigenvalue weighted by Crippen LogP contribution is -2.44. The van der Waals surface area contributed by atoms with Crippen LogP contribution in [0, 0.1) is 0 Å². The number of amides is 1. The summed E-state index contributed by atoms with van der Waals surface area (Å²) in [5, 5.41) is 2.90. The molecule has 1 amide bonds. The molecule has 0 saturated heterocycles. The van der Waals surface area contributed by atoms with Gasteiger partial charge in [0.25, 0.3) is 5.91 Å². The SMILES string of the molecule is CN1c2ccccc2C(=O)N[C@H]1c1ccc(OC(F)F)cc1. The fraction of sp³-hybridized carbons (Fsp3) is 0.188. The summed E-state index contributed by atoms with van der Waals surface area (Å²) in [5.41, 5.74) is 2.22. The molecule has 1 heterocycles. The number of hydrogen-bond donors (Lipinski definition) is 1. The number of ether oxygens (including phenoxy) is 1. The summed E-state index contributed by atoms with van der Waals surface area (Å²) in [6.07, 6.45) is -0.358. The molecular formula is C16H14F2N2O2. The summed E-state index contributed by atoms with van der Waals surface area (Å²) >= 11 is 0. The standard InChI is InChI=1S/C16H14F2N2O2/c1-20-13-5-3-2-4-12(13)15(21)19-14(20)10-6-8-11(9-7-10)22-16(17)18/h2-9,14,16H,1H3,(H,19,21)/t14-/m1/s1. The Kier molecular flexibility index (Phi) is 3.66.